The van der Waals surface area contributed by atoms with Crippen LogP contribution in [0.4, 0.5) is 5.69 Å². The van der Waals surface area contributed by atoms with Crippen LogP contribution in [-0.2, 0) is 0 Å². The third kappa shape index (κ3) is 3.48. The van der Waals surface area contributed by atoms with Crippen molar-refractivity contribution in [2.24, 2.45) is 5.92 Å². The summed E-state index contributed by atoms with van der Waals surface area (Å²) in [5, 5.41) is 9.10. The molecule has 1 N–H and O–H groups in total. The van der Waals surface area contributed by atoms with Gasteiger partial charge in [-0.3, -0.25) is 0 Å². The Morgan fingerprint density at radius 1 is 1.44 bits per heavy atom. The molecule has 0 amide bonds. The Hall–Kier alpha value is -1.03. The molecule has 0 spiro atoms. The van der Waals surface area contributed by atoms with Gasteiger partial charge in [-0.15, -0.1) is 0 Å². The average Bonchev–Trinajstić information content (AvgIpc) is 3.11. The highest BCUT2D eigenvalue weighted by atomic mass is 79.9. The number of carbonyl (C=O) groups is 1. The van der Waals surface area contributed by atoms with Crippen LogP contribution in [0.5, 0.6) is 0 Å². The number of rotatable bonds is 6. The zero-order chi connectivity index (χ0) is 13.1. The van der Waals surface area contributed by atoms with Crippen molar-refractivity contribution in [3.63, 3.8) is 0 Å². The van der Waals surface area contributed by atoms with Gasteiger partial charge < -0.3 is 10.0 Å². The lowest BCUT2D eigenvalue weighted by Gasteiger charge is -2.25. The van der Waals surface area contributed by atoms with Crippen LogP contribution >= 0.6 is 15.9 Å². The number of hydrogen-bond acceptors (Lipinski definition) is 2. The summed E-state index contributed by atoms with van der Waals surface area (Å²) in [7, 11) is 0. The first-order chi connectivity index (χ1) is 8.60. The largest absolute Gasteiger partial charge is 0.478 e. The van der Waals surface area contributed by atoms with E-state index in [-0.39, 0.29) is 0 Å². The lowest BCUT2D eigenvalue weighted by Crippen LogP contribution is -2.26. The second kappa shape index (κ2) is 5.74. The van der Waals surface area contributed by atoms with Crippen molar-refractivity contribution in [2.75, 3.05) is 18.0 Å². The first kappa shape index (κ1) is 13.4. The molecule has 0 bridgehead atoms. The molecule has 1 aliphatic carbocycles. The molecule has 0 unspecified atom stereocenters. The van der Waals surface area contributed by atoms with E-state index in [0.29, 0.717) is 5.56 Å². The van der Waals surface area contributed by atoms with Crippen molar-refractivity contribution in [3.05, 3.63) is 28.2 Å². The van der Waals surface area contributed by atoms with Crippen LogP contribution in [-0.4, -0.2) is 24.2 Å². The van der Waals surface area contributed by atoms with E-state index in [1.165, 1.54) is 12.8 Å². The fraction of sp³-hybridized carbons (Fsp3) is 0.500. The number of benzene rings is 1. The molecule has 0 atom stereocenters. The fourth-order valence-electron chi connectivity index (χ4n) is 2.09. The van der Waals surface area contributed by atoms with Gasteiger partial charge in [0.05, 0.1) is 5.56 Å². The zero-order valence-corrected chi connectivity index (χ0v) is 12.1. The van der Waals surface area contributed by atoms with E-state index >= 15 is 0 Å². The number of halogens is 1. The third-order valence-electron chi connectivity index (χ3n) is 3.16. The Kier molecular flexibility index (Phi) is 4.27. The highest BCUT2D eigenvalue weighted by molar-refractivity contribution is 9.10. The summed E-state index contributed by atoms with van der Waals surface area (Å²) in [4.78, 5) is 13.4. The maximum atomic E-state index is 11.1. The Morgan fingerprint density at radius 3 is 2.72 bits per heavy atom. The van der Waals surface area contributed by atoms with Gasteiger partial charge >= 0.3 is 5.97 Å². The highest BCUT2D eigenvalue weighted by Gasteiger charge is 2.24. The van der Waals surface area contributed by atoms with E-state index in [2.05, 4.69) is 27.8 Å². The Labute approximate surface area is 116 Å². The quantitative estimate of drug-likeness (QED) is 0.869. The smallest absolute Gasteiger partial charge is 0.335 e. The lowest BCUT2D eigenvalue weighted by atomic mass is 10.1. The normalized spacial score (nSPS) is 14.6. The lowest BCUT2D eigenvalue weighted by molar-refractivity contribution is 0.0697. The van der Waals surface area contributed by atoms with Gasteiger partial charge in [0.1, 0.15) is 0 Å². The van der Waals surface area contributed by atoms with Gasteiger partial charge in [-0.1, -0.05) is 22.9 Å². The van der Waals surface area contributed by atoms with Gasteiger partial charge in [0.25, 0.3) is 0 Å². The molecule has 98 valence electrons. The molecular formula is C14H18BrNO2. The molecule has 1 aliphatic rings. The van der Waals surface area contributed by atoms with Crippen LogP contribution in [0.25, 0.3) is 0 Å². The molecule has 0 radical (unpaired) electrons. The molecule has 1 aromatic carbocycles. The minimum atomic E-state index is -0.875. The Bertz CT molecular complexity index is 443. The molecule has 1 fully saturated rings. The number of nitrogens with zero attached hydrogens (tertiary/aromatic N) is 1. The van der Waals surface area contributed by atoms with Gasteiger partial charge in [0.2, 0.25) is 0 Å². The van der Waals surface area contributed by atoms with Gasteiger partial charge in [-0.2, -0.15) is 0 Å². The van der Waals surface area contributed by atoms with Crippen LogP contribution in [0.15, 0.2) is 22.7 Å². The molecular weight excluding hydrogens is 294 g/mol. The highest BCUT2D eigenvalue weighted by Crippen LogP contribution is 2.32. The minimum absolute atomic E-state index is 0.344. The van der Waals surface area contributed by atoms with E-state index in [1.54, 1.807) is 12.1 Å². The summed E-state index contributed by atoms with van der Waals surface area (Å²) in [6, 6.07) is 5.42. The van der Waals surface area contributed by atoms with Gasteiger partial charge in [-0.25, -0.2) is 4.79 Å². The number of aromatic carboxylic acids is 1. The Morgan fingerprint density at radius 2 is 2.17 bits per heavy atom. The van der Waals surface area contributed by atoms with Crippen LogP contribution in [0, 0.1) is 5.92 Å². The van der Waals surface area contributed by atoms with Crippen LogP contribution in [0.2, 0.25) is 0 Å². The van der Waals surface area contributed by atoms with E-state index in [0.717, 1.165) is 35.6 Å². The summed E-state index contributed by atoms with van der Waals surface area (Å²) in [5.41, 5.74) is 1.35. The van der Waals surface area contributed by atoms with Gasteiger partial charge in [-0.05, 0) is 43.4 Å². The number of carboxylic acids is 1. The number of carboxylic acid groups (broad SMARTS) is 1. The molecule has 1 saturated carbocycles. The zero-order valence-electron chi connectivity index (χ0n) is 10.5. The first-order valence-electron chi connectivity index (χ1n) is 6.39. The van der Waals surface area contributed by atoms with Crippen LogP contribution in [0.1, 0.15) is 36.5 Å². The number of anilines is 1. The molecule has 0 aliphatic heterocycles. The summed E-state index contributed by atoms with van der Waals surface area (Å²) < 4.78 is 0.828. The summed E-state index contributed by atoms with van der Waals surface area (Å²) in [6.07, 6.45) is 3.68. The molecule has 0 aromatic heterocycles. The van der Waals surface area contributed by atoms with Crippen molar-refractivity contribution in [2.45, 2.75) is 26.2 Å². The topological polar surface area (TPSA) is 40.5 Å². The predicted molar refractivity (Wildman–Crippen MR) is 76.3 cm³/mol. The monoisotopic (exact) mass is 311 g/mol. The van der Waals surface area contributed by atoms with Crippen molar-refractivity contribution >= 4 is 27.6 Å². The molecule has 2 rings (SSSR count). The molecule has 0 heterocycles. The van der Waals surface area contributed by atoms with E-state index in [9.17, 15) is 4.79 Å². The van der Waals surface area contributed by atoms with Gasteiger partial charge in [0.15, 0.2) is 0 Å². The second-order valence-electron chi connectivity index (χ2n) is 4.89. The molecule has 0 saturated heterocycles. The van der Waals surface area contributed by atoms with Crippen LogP contribution in [0.3, 0.4) is 0 Å². The molecule has 18 heavy (non-hydrogen) atoms. The maximum Gasteiger partial charge on any atom is 0.335 e. The summed E-state index contributed by atoms with van der Waals surface area (Å²) in [6.45, 7) is 4.17. The second-order valence-corrected chi connectivity index (χ2v) is 5.81. The maximum absolute atomic E-state index is 11.1. The summed E-state index contributed by atoms with van der Waals surface area (Å²) in [5.74, 6) is -0.0794. The van der Waals surface area contributed by atoms with Crippen molar-refractivity contribution in [1.82, 2.24) is 0 Å². The van der Waals surface area contributed by atoms with Gasteiger partial charge in [0, 0.05) is 23.2 Å². The molecule has 3 nitrogen and oxygen atoms in total. The SMILES string of the molecule is CCCN(CC1CC1)c1cc(Br)cc(C(=O)O)c1. The van der Waals surface area contributed by atoms with E-state index < -0.39 is 5.97 Å². The van der Waals surface area contributed by atoms with Crippen molar-refractivity contribution in [3.8, 4) is 0 Å². The number of hydrogen-bond donors (Lipinski definition) is 1. The minimum Gasteiger partial charge on any atom is -0.478 e. The van der Waals surface area contributed by atoms with Crippen LogP contribution < -0.4 is 4.90 Å². The average molecular weight is 312 g/mol. The predicted octanol–water partition coefficient (Wildman–Crippen LogP) is 3.77. The molecule has 4 heteroatoms. The standard InChI is InChI=1S/C14H18BrNO2/c1-2-5-16(9-10-3-4-10)13-7-11(14(17)18)6-12(15)8-13/h6-8,10H,2-5,9H2,1H3,(H,17,18). The summed E-state index contributed by atoms with van der Waals surface area (Å²) >= 11 is 3.39. The first-order valence-corrected chi connectivity index (χ1v) is 7.18. The van der Waals surface area contributed by atoms with Crippen molar-refractivity contribution < 1.29 is 9.90 Å². The van der Waals surface area contributed by atoms with Crippen molar-refractivity contribution in [1.29, 1.82) is 0 Å². The third-order valence-corrected chi connectivity index (χ3v) is 3.62. The fourth-order valence-corrected chi connectivity index (χ4v) is 2.57. The molecule has 1 aromatic rings. The Balaban J connectivity index is 2.24. The van der Waals surface area contributed by atoms with E-state index in [4.69, 9.17) is 5.11 Å². The van der Waals surface area contributed by atoms with E-state index in [1.807, 2.05) is 6.07 Å².